The molecule has 0 atom stereocenters. The lowest BCUT2D eigenvalue weighted by atomic mass is 9.97. The number of pyridine rings is 1. The van der Waals surface area contributed by atoms with E-state index in [4.69, 9.17) is 0 Å². The predicted molar refractivity (Wildman–Crippen MR) is 72.3 cm³/mol. The molecule has 1 aliphatic carbocycles. The van der Waals surface area contributed by atoms with E-state index in [1.807, 2.05) is 6.26 Å². The molecule has 102 valence electrons. The highest BCUT2D eigenvalue weighted by Crippen LogP contribution is 2.30. The number of aromatic nitrogens is 1. The number of rotatable bonds is 4. The highest BCUT2D eigenvalue weighted by molar-refractivity contribution is 7.98. The van der Waals surface area contributed by atoms with Gasteiger partial charge in [-0.25, -0.2) is 9.78 Å². The summed E-state index contributed by atoms with van der Waals surface area (Å²) >= 11 is 1.37. The predicted octanol–water partition coefficient (Wildman–Crippen LogP) is 1.93. The van der Waals surface area contributed by atoms with Crippen molar-refractivity contribution in [2.45, 2.75) is 36.2 Å². The minimum Gasteiger partial charge on any atom is -0.480 e. The summed E-state index contributed by atoms with van der Waals surface area (Å²) in [4.78, 5) is 27.8. The lowest BCUT2D eigenvalue weighted by Gasteiger charge is -2.25. The number of carboxylic acids is 1. The number of amides is 1. The van der Waals surface area contributed by atoms with Crippen molar-refractivity contribution >= 4 is 23.6 Å². The van der Waals surface area contributed by atoms with Gasteiger partial charge >= 0.3 is 5.97 Å². The molecule has 1 amide bonds. The maximum Gasteiger partial charge on any atom is 0.329 e. The number of carbonyl (C=O) groups is 2. The standard InChI is InChI=1S/C13H16N2O3S/c1-19-11-9(5-4-8-14-11)10(16)15-13(12(17)18)6-2-3-7-13/h4-5,8H,2-3,6-7H2,1H3,(H,15,16)(H,17,18). The van der Waals surface area contributed by atoms with Crippen LogP contribution in [0.15, 0.2) is 23.4 Å². The van der Waals surface area contributed by atoms with Crippen LogP contribution in [-0.4, -0.2) is 33.8 Å². The molecule has 0 aromatic carbocycles. The Labute approximate surface area is 115 Å². The van der Waals surface area contributed by atoms with Crippen LogP contribution >= 0.6 is 11.8 Å². The molecule has 6 heteroatoms. The first-order valence-electron chi connectivity index (χ1n) is 6.14. The first-order chi connectivity index (χ1) is 9.09. The summed E-state index contributed by atoms with van der Waals surface area (Å²) in [6.07, 6.45) is 6.09. The molecule has 19 heavy (non-hydrogen) atoms. The van der Waals surface area contributed by atoms with E-state index < -0.39 is 11.5 Å². The third kappa shape index (κ3) is 2.73. The van der Waals surface area contributed by atoms with Gasteiger partial charge in [0.25, 0.3) is 5.91 Å². The van der Waals surface area contributed by atoms with Crippen LogP contribution in [0.3, 0.4) is 0 Å². The van der Waals surface area contributed by atoms with Gasteiger partial charge in [0.15, 0.2) is 0 Å². The zero-order chi connectivity index (χ0) is 13.9. The fourth-order valence-corrected chi connectivity index (χ4v) is 2.93. The van der Waals surface area contributed by atoms with Crippen molar-refractivity contribution in [3.63, 3.8) is 0 Å². The Hall–Kier alpha value is -1.56. The average molecular weight is 280 g/mol. The summed E-state index contributed by atoms with van der Waals surface area (Å²) in [5, 5.41) is 12.7. The lowest BCUT2D eigenvalue weighted by Crippen LogP contribution is -2.52. The molecule has 0 unspecified atom stereocenters. The topological polar surface area (TPSA) is 79.3 Å². The number of nitrogens with one attached hydrogen (secondary N) is 1. The zero-order valence-electron chi connectivity index (χ0n) is 10.7. The van der Waals surface area contributed by atoms with Gasteiger partial charge in [-0.3, -0.25) is 4.79 Å². The van der Waals surface area contributed by atoms with Crippen molar-refractivity contribution in [3.05, 3.63) is 23.9 Å². The van der Waals surface area contributed by atoms with E-state index in [-0.39, 0.29) is 5.91 Å². The van der Waals surface area contributed by atoms with E-state index >= 15 is 0 Å². The molecule has 1 saturated carbocycles. The fraction of sp³-hybridized carbons (Fsp3) is 0.462. The van der Waals surface area contributed by atoms with E-state index in [1.54, 1.807) is 18.3 Å². The molecule has 0 saturated heterocycles. The molecule has 1 aliphatic rings. The van der Waals surface area contributed by atoms with Gasteiger partial charge in [-0.1, -0.05) is 12.8 Å². The van der Waals surface area contributed by atoms with Crippen molar-refractivity contribution < 1.29 is 14.7 Å². The van der Waals surface area contributed by atoms with Gasteiger partial charge in [0.1, 0.15) is 10.6 Å². The Morgan fingerprint density at radius 1 is 1.42 bits per heavy atom. The van der Waals surface area contributed by atoms with E-state index in [9.17, 15) is 14.7 Å². The maximum absolute atomic E-state index is 12.3. The van der Waals surface area contributed by atoms with Crippen LogP contribution in [0, 0.1) is 0 Å². The molecule has 5 nitrogen and oxygen atoms in total. The van der Waals surface area contributed by atoms with Crippen LogP contribution in [-0.2, 0) is 4.79 Å². The van der Waals surface area contributed by atoms with E-state index in [0.717, 1.165) is 12.8 Å². The Kier molecular flexibility index (Phi) is 4.09. The molecular weight excluding hydrogens is 264 g/mol. The Morgan fingerprint density at radius 2 is 2.11 bits per heavy atom. The number of carbonyl (C=O) groups excluding carboxylic acids is 1. The lowest BCUT2D eigenvalue weighted by molar-refractivity contribution is -0.144. The molecule has 2 rings (SSSR count). The molecule has 2 N–H and O–H groups in total. The molecule has 0 aliphatic heterocycles. The van der Waals surface area contributed by atoms with Gasteiger partial charge in [-0.05, 0) is 31.2 Å². The third-order valence-electron chi connectivity index (χ3n) is 3.43. The van der Waals surface area contributed by atoms with Crippen LogP contribution in [0.5, 0.6) is 0 Å². The quantitative estimate of drug-likeness (QED) is 0.824. The van der Waals surface area contributed by atoms with Crippen LogP contribution in [0.25, 0.3) is 0 Å². The number of nitrogens with zero attached hydrogens (tertiary/aromatic N) is 1. The summed E-state index contributed by atoms with van der Waals surface area (Å²) in [5.41, 5.74) is -0.676. The smallest absolute Gasteiger partial charge is 0.329 e. The van der Waals surface area contributed by atoms with Crippen molar-refractivity contribution in [3.8, 4) is 0 Å². The van der Waals surface area contributed by atoms with Gasteiger partial charge in [-0.15, -0.1) is 11.8 Å². The number of aliphatic carboxylic acids is 1. The zero-order valence-corrected chi connectivity index (χ0v) is 11.5. The summed E-state index contributed by atoms with van der Waals surface area (Å²) in [5.74, 6) is -1.31. The van der Waals surface area contributed by atoms with E-state index in [2.05, 4.69) is 10.3 Å². The summed E-state index contributed by atoms with van der Waals surface area (Å²) in [6.45, 7) is 0. The van der Waals surface area contributed by atoms with Crippen molar-refractivity contribution in [1.82, 2.24) is 10.3 Å². The van der Waals surface area contributed by atoms with Gasteiger partial charge < -0.3 is 10.4 Å². The van der Waals surface area contributed by atoms with E-state index in [1.165, 1.54) is 11.8 Å². The SMILES string of the molecule is CSc1ncccc1C(=O)NC1(C(=O)O)CCCC1. The second kappa shape index (κ2) is 5.61. The van der Waals surface area contributed by atoms with Crippen LogP contribution in [0.2, 0.25) is 0 Å². The van der Waals surface area contributed by atoms with Crippen LogP contribution in [0.4, 0.5) is 0 Å². The molecule has 1 fully saturated rings. The maximum atomic E-state index is 12.3. The van der Waals surface area contributed by atoms with Crippen molar-refractivity contribution in [2.24, 2.45) is 0 Å². The Morgan fingerprint density at radius 3 is 2.68 bits per heavy atom. The first kappa shape index (κ1) is 13.9. The molecule has 1 aromatic rings. The largest absolute Gasteiger partial charge is 0.480 e. The molecule has 1 heterocycles. The highest BCUT2D eigenvalue weighted by Gasteiger charge is 2.42. The van der Waals surface area contributed by atoms with Crippen molar-refractivity contribution in [2.75, 3.05) is 6.26 Å². The molecule has 1 aromatic heterocycles. The number of hydrogen-bond donors (Lipinski definition) is 2. The summed E-state index contributed by atoms with van der Waals surface area (Å²) < 4.78 is 0. The average Bonchev–Trinajstić information content (AvgIpc) is 2.88. The molecule has 0 radical (unpaired) electrons. The second-order valence-corrected chi connectivity index (χ2v) is 5.40. The van der Waals surface area contributed by atoms with Gasteiger partial charge in [-0.2, -0.15) is 0 Å². The fourth-order valence-electron chi connectivity index (χ4n) is 2.38. The molecule has 0 spiro atoms. The highest BCUT2D eigenvalue weighted by atomic mass is 32.2. The Balaban J connectivity index is 2.23. The number of carboxylic acid groups (broad SMARTS) is 1. The minimum atomic E-state index is -1.11. The van der Waals surface area contributed by atoms with Gasteiger partial charge in [0, 0.05) is 6.20 Å². The molecule has 0 bridgehead atoms. The van der Waals surface area contributed by atoms with Crippen molar-refractivity contribution in [1.29, 1.82) is 0 Å². The van der Waals surface area contributed by atoms with Crippen LogP contribution in [0.1, 0.15) is 36.0 Å². The monoisotopic (exact) mass is 280 g/mol. The summed E-state index contributed by atoms with van der Waals surface area (Å²) in [6, 6.07) is 3.34. The second-order valence-electron chi connectivity index (χ2n) is 4.61. The minimum absolute atomic E-state index is 0.359. The Bertz CT molecular complexity index is 498. The van der Waals surface area contributed by atoms with Gasteiger partial charge in [0.05, 0.1) is 5.56 Å². The van der Waals surface area contributed by atoms with Gasteiger partial charge in [0.2, 0.25) is 0 Å². The first-order valence-corrected chi connectivity index (χ1v) is 7.36. The number of hydrogen-bond acceptors (Lipinski definition) is 4. The van der Waals surface area contributed by atoms with E-state index in [0.29, 0.717) is 23.4 Å². The molecular formula is C13H16N2O3S. The van der Waals surface area contributed by atoms with Crippen LogP contribution < -0.4 is 5.32 Å². The summed E-state index contributed by atoms with van der Waals surface area (Å²) in [7, 11) is 0. The normalized spacial score (nSPS) is 17.1. The number of thioether (sulfide) groups is 1. The third-order valence-corrected chi connectivity index (χ3v) is 4.14.